The van der Waals surface area contributed by atoms with E-state index in [1.165, 1.54) is 6.20 Å². The molecule has 0 saturated carbocycles. The first-order chi connectivity index (χ1) is 24.2. The second-order valence-electron chi connectivity index (χ2n) is 14.1. The van der Waals surface area contributed by atoms with E-state index in [9.17, 15) is 28.8 Å². The minimum absolute atomic E-state index is 0.0238. The van der Waals surface area contributed by atoms with Crippen molar-refractivity contribution in [2.45, 2.75) is 96.5 Å². The summed E-state index contributed by atoms with van der Waals surface area (Å²) in [6.45, 7) is 9.72. The summed E-state index contributed by atoms with van der Waals surface area (Å²) in [5, 5.41) is 11.3. The Labute approximate surface area is 302 Å². The number of benzene rings is 2. The molecule has 0 radical (unpaired) electrons. The number of hydrogen-bond acceptors (Lipinski definition) is 8. The van der Waals surface area contributed by atoms with Crippen LogP contribution >= 0.6 is 11.3 Å². The summed E-state index contributed by atoms with van der Waals surface area (Å²) in [6, 6.07) is 14.7. The zero-order chi connectivity index (χ0) is 37.1. The maximum atomic E-state index is 14.0. The number of Topliss-reactive ketones (excluding diaryl/α,β-unsaturated/α-hetero) is 1. The Balaban J connectivity index is 1.54. The summed E-state index contributed by atoms with van der Waals surface area (Å²) < 4.78 is 5.39. The molecule has 5 N–H and O–H groups in total. The lowest BCUT2D eigenvalue weighted by Crippen LogP contribution is -2.59. The second-order valence-corrected chi connectivity index (χ2v) is 15.1. The van der Waals surface area contributed by atoms with Crippen LogP contribution in [0.2, 0.25) is 0 Å². The van der Waals surface area contributed by atoms with Crippen molar-refractivity contribution < 1.29 is 28.7 Å². The molecule has 0 aliphatic carbocycles. The van der Waals surface area contributed by atoms with Crippen LogP contribution in [-0.4, -0.2) is 70.8 Å². The van der Waals surface area contributed by atoms with Crippen LogP contribution in [0.3, 0.4) is 0 Å². The molecule has 5 atom stereocenters. The quantitative estimate of drug-likeness (QED) is 0.118. The molecule has 1 aromatic heterocycles. The monoisotopic (exact) mass is 719 g/mol. The number of nitrogens with one attached hydrogen (secondary N) is 5. The number of ketones is 1. The zero-order valence-corrected chi connectivity index (χ0v) is 30.6. The number of carbonyl (C=O) groups is 5. The average molecular weight is 720 g/mol. The second kappa shape index (κ2) is 18.0. The third kappa shape index (κ3) is 12.0. The van der Waals surface area contributed by atoms with E-state index in [0.717, 1.165) is 22.5 Å². The van der Waals surface area contributed by atoms with Gasteiger partial charge in [0.2, 0.25) is 17.7 Å². The minimum Gasteiger partial charge on any atom is -0.361 e. The van der Waals surface area contributed by atoms with Crippen molar-refractivity contribution in [3.05, 3.63) is 92.5 Å². The van der Waals surface area contributed by atoms with E-state index >= 15 is 0 Å². The first-order valence-electron chi connectivity index (χ1n) is 17.4. The number of epoxide rings is 1. The number of hydrogen-bond donors (Lipinski definition) is 5. The van der Waals surface area contributed by atoms with Gasteiger partial charge in [0, 0.05) is 12.6 Å². The average Bonchev–Trinajstić information content (AvgIpc) is 3.70. The van der Waals surface area contributed by atoms with Crippen LogP contribution in [0.5, 0.6) is 0 Å². The zero-order valence-electron chi connectivity index (χ0n) is 29.8. The van der Waals surface area contributed by atoms with Gasteiger partial charge in [-0.3, -0.25) is 28.8 Å². The Morgan fingerprint density at radius 1 is 0.745 bits per heavy atom. The van der Waals surface area contributed by atoms with Crippen molar-refractivity contribution in [3.63, 3.8) is 0 Å². The lowest BCUT2D eigenvalue weighted by atomic mass is 9.93. The van der Waals surface area contributed by atoms with E-state index in [4.69, 9.17) is 4.74 Å². The van der Waals surface area contributed by atoms with Gasteiger partial charge in [0.05, 0.1) is 12.6 Å². The molecule has 13 heteroatoms. The Hall–Kier alpha value is -4.62. The molecule has 1 aliphatic rings. The molecule has 4 rings (SSSR count). The van der Waals surface area contributed by atoms with Gasteiger partial charge in [0.25, 0.3) is 5.91 Å². The predicted molar refractivity (Wildman–Crippen MR) is 195 cm³/mol. The fourth-order valence-corrected chi connectivity index (χ4v) is 6.34. The molecule has 1 saturated heterocycles. The number of ether oxygens (including phenoxy) is 1. The van der Waals surface area contributed by atoms with Gasteiger partial charge in [-0.15, -0.1) is 0 Å². The number of thiazole rings is 1. The van der Waals surface area contributed by atoms with Crippen molar-refractivity contribution in [3.8, 4) is 0 Å². The number of aromatic nitrogens is 1. The van der Waals surface area contributed by atoms with Gasteiger partial charge in [-0.25, -0.2) is 0 Å². The van der Waals surface area contributed by atoms with E-state index in [2.05, 4.69) is 26.3 Å². The molecule has 51 heavy (non-hydrogen) atoms. The summed E-state index contributed by atoms with van der Waals surface area (Å²) >= 11 is 0.730. The number of amides is 4. The van der Waals surface area contributed by atoms with Crippen LogP contribution in [0.15, 0.2) is 71.7 Å². The van der Waals surface area contributed by atoms with E-state index in [0.29, 0.717) is 12.8 Å². The van der Waals surface area contributed by atoms with Gasteiger partial charge in [-0.2, -0.15) is 0 Å². The topological polar surface area (TPSA) is 179 Å². The van der Waals surface area contributed by atoms with Gasteiger partial charge in [-0.05, 0) is 55.6 Å². The lowest BCUT2D eigenvalue weighted by molar-refractivity contribution is -0.134. The summed E-state index contributed by atoms with van der Waals surface area (Å²) in [4.78, 5) is 82.0. The van der Waals surface area contributed by atoms with Crippen LogP contribution in [0, 0.1) is 11.8 Å². The maximum absolute atomic E-state index is 14.0. The highest BCUT2D eigenvalue weighted by Gasteiger charge is 2.50. The van der Waals surface area contributed by atoms with Crippen molar-refractivity contribution in [2.75, 3.05) is 6.61 Å². The SMILES string of the molecule is CC(C)CC(NC(=O)C(CCc1ccccc1)NC(=O)c1c[nH]c(=O)s1)C(=O)NC(Cc1ccccc1)C(=O)NC(CC(C)C)C(=O)C1(C)CO1. The van der Waals surface area contributed by atoms with Crippen LogP contribution in [-0.2, 0) is 36.8 Å². The molecule has 3 aromatic rings. The molecule has 5 unspecified atom stereocenters. The Morgan fingerprint density at radius 2 is 1.25 bits per heavy atom. The van der Waals surface area contributed by atoms with E-state index < -0.39 is 58.3 Å². The molecule has 2 heterocycles. The summed E-state index contributed by atoms with van der Waals surface area (Å²) in [6.07, 6.45) is 2.77. The number of carbonyl (C=O) groups excluding carboxylic acids is 5. The van der Waals surface area contributed by atoms with Crippen molar-refractivity contribution >= 4 is 40.7 Å². The standard InChI is InChI=1S/C38H49N5O7S/c1-23(2)18-28(32(44)38(5)22-50-38)41-35(47)30(20-26-14-10-7-11-15-26)43-34(46)29(19-24(3)4)42-33(45)27(17-16-25-12-8-6-9-13-25)40-36(48)31-21-39-37(49)51-31/h6-15,21,23-24,27-30H,16-20,22H2,1-5H3,(H,39,49)(H,40,48)(H,41,47)(H,42,45)(H,43,46). The van der Waals surface area contributed by atoms with Gasteiger partial charge in [-0.1, -0.05) is 99.7 Å². The molecule has 12 nitrogen and oxygen atoms in total. The predicted octanol–water partition coefficient (Wildman–Crippen LogP) is 3.31. The van der Waals surface area contributed by atoms with Gasteiger partial charge < -0.3 is 31.0 Å². The fourth-order valence-electron chi connectivity index (χ4n) is 5.75. The Bertz CT molecular complexity index is 1700. The van der Waals surface area contributed by atoms with Crippen LogP contribution in [0.25, 0.3) is 0 Å². The fraction of sp³-hybridized carbons (Fsp3) is 0.474. The summed E-state index contributed by atoms with van der Waals surface area (Å²) in [5.74, 6) is -2.40. The molecular weight excluding hydrogens is 671 g/mol. The molecule has 2 aromatic carbocycles. The van der Waals surface area contributed by atoms with E-state index in [1.54, 1.807) is 6.92 Å². The normalized spacial score (nSPS) is 17.5. The molecule has 1 fully saturated rings. The highest BCUT2D eigenvalue weighted by Crippen LogP contribution is 2.29. The maximum Gasteiger partial charge on any atom is 0.305 e. The number of rotatable bonds is 19. The van der Waals surface area contributed by atoms with Gasteiger partial charge in [0.1, 0.15) is 28.6 Å². The Kier molecular flexibility index (Phi) is 13.9. The van der Waals surface area contributed by atoms with Crippen LogP contribution < -0.4 is 26.1 Å². The largest absolute Gasteiger partial charge is 0.361 e. The van der Waals surface area contributed by atoms with Crippen molar-refractivity contribution in [1.29, 1.82) is 0 Å². The molecule has 1 aliphatic heterocycles. The highest BCUT2D eigenvalue weighted by molar-refractivity contribution is 7.11. The lowest BCUT2D eigenvalue weighted by Gasteiger charge is -2.28. The first-order valence-corrected chi connectivity index (χ1v) is 18.2. The van der Waals surface area contributed by atoms with Crippen molar-refractivity contribution in [1.82, 2.24) is 26.3 Å². The smallest absolute Gasteiger partial charge is 0.305 e. The molecular formula is C38H49N5O7S. The summed E-state index contributed by atoms with van der Waals surface area (Å²) in [5.41, 5.74) is 0.810. The minimum atomic E-state index is -1.06. The van der Waals surface area contributed by atoms with Crippen LogP contribution in [0.1, 0.15) is 74.7 Å². The van der Waals surface area contributed by atoms with Gasteiger partial charge >= 0.3 is 4.87 Å². The summed E-state index contributed by atoms with van der Waals surface area (Å²) in [7, 11) is 0. The van der Waals surface area contributed by atoms with Crippen molar-refractivity contribution in [2.24, 2.45) is 11.8 Å². The molecule has 0 bridgehead atoms. The third-order valence-corrected chi connectivity index (χ3v) is 9.45. The molecule has 0 spiro atoms. The first kappa shape index (κ1) is 39.2. The van der Waals surface area contributed by atoms with Crippen LogP contribution in [0.4, 0.5) is 0 Å². The Morgan fingerprint density at radius 3 is 1.80 bits per heavy atom. The number of H-pyrrole nitrogens is 1. The highest BCUT2D eigenvalue weighted by atomic mass is 32.1. The number of aryl methyl sites for hydroxylation is 1. The number of aromatic amines is 1. The van der Waals surface area contributed by atoms with Gasteiger partial charge in [0.15, 0.2) is 5.78 Å². The molecule has 4 amide bonds. The van der Waals surface area contributed by atoms with E-state index in [1.807, 2.05) is 88.4 Å². The van der Waals surface area contributed by atoms with E-state index in [-0.39, 0.29) is 48.4 Å². The third-order valence-electron chi connectivity index (χ3n) is 8.63. The molecule has 274 valence electrons.